The number of phenols is 2. The van der Waals surface area contributed by atoms with Gasteiger partial charge in [-0.25, -0.2) is 34.1 Å². The lowest BCUT2D eigenvalue weighted by atomic mass is 9.80. The number of aromatic nitrogens is 9. The van der Waals surface area contributed by atoms with Crippen LogP contribution in [-0.4, -0.2) is 88.5 Å². The fraction of sp³-hybridized carbons (Fsp3) is 0.0769. The second-order valence-corrected chi connectivity index (χ2v) is 22.0. The molecule has 0 aliphatic carbocycles. The van der Waals surface area contributed by atoms with Crippen molar-refractivity contribution in [2.75, 3.05) is 0 Å². The van der Waals surface area contributed by atoms with Gasteiger partial charge in [0.05, 0.1) is 19.6 Å². The van der Waals surface area contributed by atoms with E-state index in [1.54, 1.807) is 63.4 Å². The molecule has 10 rings (SSSR count). The summed E-state index contributed by atoms with van der Waals surface area (Å²) >= 11 is 10.2. The fourth-order valence-electron chi connectivity index (χ4n) is 6.69. The van der Waals surface area contributed by atoms with E-state index in [2.05, 4.69) is 124 Å². The highest BCUT2D eigenvalue weighted by Crippen LogP contribution is 2.26. The molecule has 0 aliphatic rings. The van der Waals surface area contributed by atoms with Crippen LogP contribution in [0.25, 0.3) is 22.3 Å². The van der Waals surface area contributed by atoms with Crippen molar-refractivity contribution in [1.29, 1.82) is 0 Å². The smallest absolute Gasteiger partial charge is 0.488 e. The molecule has 10 aromatic rings. The molecule has 0 fully saturated rings. The summed E-state index contributed by atoms with van der Waals surface area (Å²) in [5, 5.41) is 57.7. The van der Waals surface area contributed by atoms with Gasteiger partial charge in [-0.2, -0.15) is 37.3 Å². The SMILES string of the molecule is BrCc1cccc(Br)c1.Brc1cccc(Cn2cncn2)c1.NS(=O)(=O)Cl.NS(=O)(=O)Oc1cccc(-c2cccc(Cn3cncn3)c2)c1.OB(O)c1cccc(O)c1.Oc1cccc(-c2cccc(Cn3cncn3)c2)c1. The second kappa shape index (κ2) is 32.1. The van der Waals surface area contributed by atoms with Gasteiger partial charge in [-0.05, 0) is 123 Å². The van der Waals surface area contributed by atoms with Crippen LogP contribution in [0.3, 0.4) is 0 Å². The molecule has 8 N–H and O–H groups in total. The van der Waals surface area contributed by atoms with E-state index in [4.69, 9.17) is 24.5 Å². The van der Waals surface area contributed by atoms with Crippen LogP contribution in [0, 0.1) is 0 Å². The Bertz CT molecular complexity index is 3650. The van der Waals surface area contributed by atoms with Crippen molar-refractivity contribution in [3.63, 3.8) is 0 Å². The van der Waals surface area contributed by atoms with Crippen molar-refractivity contribution >= 4 is 90.6 Å². The first-order valence-electron chi connectivity index (χ1n) is 22.9. The summed E-state index contributed by atoms with van der Waals surface area (Å²) in [6.45, 7) is 2.05. The van der Waals surface area contributed by atoms with Crippen molar-refractivity contribution in [3.05, 3.63) is 239 Å². The van der Waals surface area contributed by atoms with Gasteiger partial charge in [0.15, 0.2) is 0 Å². The second-order valence-electron chi connectivity index (χ2n) is 16.2. The van der Waals surface area contributed by atoms with Gasteiger partial charge in [0, 0.05) is 25.0 Å². The summed E-state index contributed by atoms with van der Waals surface area (Å²) in [6.07, 6.45) is 9.60. The van der Waals surface area contributed by atoms with Crippen molar-refractivity contribution in [2.45, 2.75) is 25.0 Å². The molecule has 20 nitrogen and oxygen atoms in total. The van der Waals surface area contributed by atoms with Crippen LogP contribution in [0.15, 0.2) is 217 Å². The highest BCUT2D eigenvalue weighted by atomic mass is 79.9. The number of aromatic hydroxyl groups is 2. The number of alkyl halides is 1. The van der Waals surface area contributed by atoms with Crippen molar-refractivity contribution in [2.24, 2.45) is 10.3 Å². The average Bonchev–Trinajstić information content (AvgIpc) is 4.25. The Hall–Kier alpha value is -7.11. The van der Waals surface area contributed by atoms with E-state index in [0.717, 1.165) is 54.2 Å². The molecule has 0 bridgehead atoms. The Balaban J connectivity index is 0.000000185. The highest BCUT2D eigenvalue weighted by molar-refractivity contribution is 9.10. The Labute approximate surface area is 486 Å². The van der Waals surface area contributed by atoms with E-state index in [1.807, 2.05) is 84.9 Å². The maximum absolute atomic E-state index is 11.0. The number of hydrogen-bond acceptors (Lipinski definition) is 15. The standard InChI is InChI=1S/C15H14N4O3S.C15H13N3O.C9H8BrN3.C7H6Br2.C6H7BO3.ClH2NO2S/c16-23(20,21)22-15-6-2-5-14(8-15)13-4-1-3-12(7-13)9-19-11-17-10-18-19;19-15-6-2-5-14(8-15)13-4-1-3-12(7-13)9-18-11-16-10-17-18;10-9-3-1-2-8(4-9)5-13-7-11-6-12-13;8-5-6-2-1-3-7(9)4-6;8-6-3-1-2-5(4-6)7(9)10;1-5(2,3)4/h1-8,10-11H,9H2,(H2,16,20,21);1-8,10-11,19H,9H2;1-4,6-7H,5H2;1-4H,5H2;1-4,8-10H;(H2,2,3,4). The molecule has 0 atom stereocenters. The summed E-state index contributed by atoms with van der Waals surface area (Å²) in [6, 6.07) is 52.2. The van der Waals surface area contributed by atoms with Crippen LogP contribution in [-0.2, 0) is 44.5 Å². The zero-order chi connectivity index (χ0) is 57.2. The summed E-state index contributed by atoms with van der Waals surface area (Å²) in [5.41, 5.74) is 8.82. The van der Waals surface area contributed by atoms with E-state index in [-0.39, 0.29) is 17.2 Å². The van der Waals surface area contributed by atoms with Gasteiger partial charge >= 0.3 is 17.4 Å². The number of hydrogen-bond donors (Lipinski definition) is 6. The van der Waals surface area contributed by atoms with Crippen LogP contribution in [0.4, 0.5) is 0 Å². The third kappa shape index (κ3) is 25.5. The summed E-state index contributed by atoms with van der Waals surface area (Å²) < 4.78 is 52.6. The van der Waals surface area contributed by atoms with Gasteiger partial charge in [-0.15, -0.1) is 0 Å². The number of rotatable bonds is 12. The normalized spacial score (nSPS) is 10.5. The minimum Gasteiger partial charge on any atom is -0.508 e. The number of phenolic OH excluding ortho intramolecular Hbond substituents is 2. The Kier molecular flexibility index (Phi) is 25.5. The third-order valence-electron chi connectivity index (χ3n) is 9.95. The first-order valence-corrected chi connectivity index (χ1v) is 29.4. The van der Waals surface area contributed by atoms with E-state index < -0.39 is 26.7 Å². The van der Waals surface area contributed by atoms with Gasteiger partial charge in [0.1, 0.15) is 55.2 Å². The predicted octanol–water partition coefficient (Wildman–Crippen LogP) is 8.21. The molecule has 27 heteroatoms. The number of nitrogens with zero attached hydrogens (tertiary/aromatic N) is 9. The quantitative estimate of drug-likeness (QED) is 0.0381. The summed E-state index contributed by atoms with van der Waals surface area (Å²) in [4.78, 5) is 11.7. The van der Waals surface area contributed by atoms with E-state index in [9.17, 15) is 21.9 Å². The lowest BCUT2D eigenvalue weighted by Crippen LogP contribution is -2.29. The molecule has 3 heterocycles. The molecule has 3 aromatic heterocycles. The van der Waals surface area contributed by atoms with Gasteiger partial charge in [0.25, 0.3) is 9.24 Å². The topological polar surface area (TPSA) is 303 Å². The fourth-order valence-corrected chi connectivity index (χ4v) is 8.30. The molecule has 79 heavy (non-hydrogen) atoms. The van der Waals surface area contributed by atoms with Gasteiger partial charge in [-0.3, -0.25) is 0 Å². The zero-order valence-electron chi connectivity index (χ0n) is 41.4. The molecule has 0 spiro atoms. The van der Waals surface area contributed by atoms with Gasteiger partial charge in [0.2, 0.25) is 0 Å². The van der Waals surface area contributed by atoms with E-state index in [0.29, 0.717) is 18.6 Å². The largest absolute Gasteiger partial charge is 0.508 e. The molecule has 7 aromatic carbocycles. The number of nitrogens with two attached hydrogens (primary N) is 2. The molecule has 0 aliphatic heterocycles. The molecule has 410 valence electrons. The van der Waals surface area contributed by atoms with Crippen LogP contribution in [0.5, 0.6) is 17.2 Å². The van der Waals surface area contributed by atoms with Crippen molar-refractivity contribution in [3.8, 4) is 39.5 Å². The van der Waals surface area contributed by atoms with E-state index >= 15 is 0 Å². The molecule has 0 unspecified atom stereocenters. The van der Waals surface area contributed by atoms with Crippen molar-refractivity contribution in [1.82, 2.24) is 44.3 Å². The van der Waals surface area contributed by atoms with Crippen LogP contribution in [0.2, 0.25) is 0 Å². The van der Waals surface area contributed by atoms with Gasteiger partial charge < -0.3 is 24.4 Å². The first kappa shape index (κ1) is 62.7. The summed E-state index contributed by atoms with van der Waals surface area (Å²) in [5.74, 6) is 0.483. The van der Waals surface area contributed by atoms with Crippen molar-refractivity contribution < 1.29 is 41.3 Å². The number of benzene rings is 7. The lowest BCUT2D eigenvalue weighted by molar-refractivity contribution is 0.424. The Morgan fingerprint density at radius 1 is 0.506 bits per heavy atom. The zero-order valence-corrected chi connectivity index (χ0v) is 48.5. The predicted molar refractivity (Wildman–Crippen MR) is 314 cm³/mol. The maximum Gasteiger partial charge on any atom is 0.488 e. The molecule has 0 radical (unpaired) electrons. The minimum absolute atomic E-state index is 0.0330. The van der Waals surface area contributed by atoms with Crippen LogP contribution >= 0.6 is 58.5 Å². The highest BCUT2D eigenvalue weighted by Gasteiger charge is 2.10. The maximum atomic E-state index is 11.0. The lowest BCUT2D eigenvalue weighted by Gasteiger charge is -2.08. The third-order valence-corrected chi connectivity index (χ3v) is 12.0. The van der Waals surface area contributed by atoms with E-state index in [1.165, 1.54) is 54.4 Å². The molecular weight excluding hydrogens is 1270 g/mol. The summed E-state index contributed by atoms with van der Waals surface area (Å²) in [7, 11) is -4.96. The Morgan fingerprint density at radius 2 is 0.873 bits per heavy atom. The Morgan fingerprint density at radius 3 is 1.24 bits per heavy atom. The molecular formula is C52H50BBr3ClN11O9S2. The monoisotopic (exact) mass is 1320 g/mol. The molecule has 0 amide bonds. The molecule has 0 saturated carbocycles. The number of halogens is 4. The molecule has 0 saturated heterocycles. The minimum atomic E-state index is -4.04. The van der Waals surface area contributed by atoms with Gasteiger partial charge in [-0.1, -0.05) is 145 Å². The van der Waals surface area contributed by atoms with Crippen LogP contribution in [0.1, 0.15) is 22.3 Å². The average molecular weight is 1320 g/mol. The first-order chi connectivity index (χ1) is 37.7. The van der Waals surface area contributed by atoms with Crippen LogP contribution < -0.4 is 19.9 Å².